The van der Waals surface area contributed by atoms with E-state index < -0.39 is 0 Å². The van der Waals surface area contributed by atoms with Crippen molar-refractivity contribution in [3.8, 4) is 33.9 Å². The lowest BCUT2D eigenvalue weighted by Gasteiger charge is -2.19. The number of fused-ring (bicyclic) bond motifs is 9. The maximum atomic E-state index is 2.50. The minimum absolute atomic E-state index is 1.15. The van der Waals surface area contributed by atoms with E-state index in [1.54, 1.807) is 0 Å². The topological polar surface area (TPSA) is 19.7 Å². The van der Waals surface area contributed by atoms with Gasteiger partial charge in [0.15, 0.2) is 0 Å². The average molecular weight is 845 g/mol. The molecular weight excluding hydrogens is 809 g/mol. The van der Waals surface area contributed by atoms with Gasteiger partial charge in [-0.15, -0.1) is 11.3 Å². The number of nitrogens with zero attached hydrogens (tertiary/aromatic N) is 4. The Morgan fingerprint density at radius 1 is 0.246 bits per heavy atom. The van der Waals surface area contributed by atoms with Crippen LogP contribution in [0.2, 0.25) is 0 Å². The van der Waals surface area contributed by atoms with Gasteiger partial charge < -0.3 is 18.3 Å². The van der Waals surface area contributed by atoms with Crippen LogP contribution in [0.5, 0.6) is 0 Å². The quantitative estimate of drug-likeness (QED) is 0.164. The Balaban J connectivity index is 0.932. The van der Waals surface area contributed by atoms with Crippen molar-refractivity contribution in [1.82, 2.24) is 18.3 Å². The highest BCUT2D eigenvalue weighted by atomic mass is 32.1. The molecule has 15 aromatic rings. The van der Waals surface area contributed by atoms with Crippen molar-refractivity contribution in [2.24, 2.45) is 0 Å². The molecule has 0 bridgehead atoms. The molecule has 5 heteroatoms. The lowest BCUT2D eigenvalue weighted by atomic mass is 10.0. The van der Waals surface area contributed by atoms with Gasteiger partial charge in [-0.25, -0.2) is 0 Å². The molecule has 0 spiro atoms. The van der Waals surface area contributed by atoms with Gasteiger partial charge in [0.1, 0.15) is 0 Å². The summed E-state index contributed by atoms with van der Waals surface area (Å²) < 4.78 is 12.5. The summed E-state index contributed by atoms with van der Waals surface area (Å²) in [6, 6.07) is 80.7. The number of hydrogen-bond donors (Lipinski definition) is 0. The first kappa shape index (κ1) is 35.1. The van der Waals surface area contributed by atoms with Crippen LogP contribution in [-0.2, 0) is 0 Å². The van der Waals surface area contributed by atoms with Crippen LogP contribution in [0.3, 0.4) is 0 Å². The SMILES string of the molecule is c1ccc(-n2c3ccccc3c3cc(-n4c5ccccc5c5ccccc54)ccc32)c(-c2ccccc2-n2c3cccc4c3c3c(cccc32)n4-c2ccc3sc4ccccc4c3c2)c1. The van der Waals surface area contributed by atoms with Gasteiger partial charge in [0.05, 0.1) is 55.5 Å². The van der Waals surface area contributed by atoms with Crippen LogP contribution in [0.4, 0.5) is 0 Å². The molecule has 4 nitrogen and oxygen atoms in total. The molecule has 65 heavy (non-hydrogen) atoms. The van der Waals surface area contributed by atoms with Crippen molar-refractivity contribution in [3.63, 3.8) is 0 Å². The van der Waals surface area contributed by atoms with Crippen LogP contribution in [-0.4, -0.2) is 18.3 Å². The highest BCUT2D eigenvalue weighted by molar-refractivity contribution is 7.25. The number of benzene rings is 10. The van der Waals surface area contributed by atoms with Gasteiger partial charge in [0.25, 0.3) is 0 Å². The number of aromatic nitrogens is 4. The lowest BCUT2D eigenvalue weighted by Crippen LogP contribution is -2.02. The van der Waals surface area contributed by atoms with E-state index >= 15 is 0 Å². The van der Waals surface area contributed by atoms with Crippen molar-refractivity contribution in [3.05, 3.63) is 218 Å². The average Bonchev–Trinajstić information content (AvgIpc) is 4.17. The molecule has 10 aromatic carbocycles. The number of thiophene rings is 1. The van der Waals surface area contributed by atoms with Gasteiger partial charge >= 0.3 is 0 Å². The fourth-order valence-electron chi connectivity index (χ4n) is 11.3. The first-order valence-electron chi connectivity index (χ1n) is 22.3. The molecule has 15 rings (SSSR count). The van der Waals surface area contributed by atoms with Crippen LogP contribution in [0.1, 0.15) is 0 Å². The molecule has 5 aromatic heterocycles. The van der Waals surface area contributed by atoms with Crippen LogP contribution >= 0.6 is 11.3 Å². The van der Waals surface area contributed by atoms with Gasteiger partial charge in [0.2, 0.25) is 0 Å². The second kappa shape index (κ2) is 13.1. The third-order valence-electron chi connectivity index (χ3n) is 13.9. The van der Waals surface area contributed by atoms with Gasteiger partial charge in [-0.05, 0) is 97.1 Å². The monoisotopic (exact) mass is 844 g/mol. The minimum atomic E-state index is 1.15. The summed E-state index contributed by atoms with van der Waals surface area (Å²) >= 11 is 1.87. The van der Waals surface area contributed by atoms with Crippen molar-refractivity contribution >= 4 is 108 Å². The van der Waals surface area contributed by atoms with E-state index in [4.69, 9.17) is 0 Å². The molecule has 0 saturated carbocycles. The maximum Gasteiger partial charge on any atom is 0.0563 e. The molecule has 0 radical (unpaired) electrons. The summed E-state index contributed by atoms with van der Waals surface area (Å²) in [5, 5.41) is 10.2. The second-order valence-corrected chi connectivity index (χ2v) is 18.3. The summed E-state index contributed by atoms with van der Waals surface area (Å²) in [6.45, 7) is 0. The Morgan fingerprint density at radius 3 is 1.25 bits per heavy atom. The van der Waals surface area contributed by atoms with E-state index in [-0.39, 0.29) is 0 Å². The molecule has 5 heterocycles. The van der Waals surface area contributed by atoms with Crippen molar-refractivity contribution in [2.75, 3.05) is 0 Å². The summed E-state index contributed by atoms with van der Waals surface area (Å²) in [7, 11) is 0. The lowest BCUT2D eigenvalue weighted by molar-refractivity contribution is 1.15. The molecule has 302 valence electrons. The minimum Gasteiger partial charge on any atom is -0.309 e. The number of rotatable bonds is 5. The van der Waals surface area contributed by atoms with E-state index in [1.165, 1.54) is 113 Å². The van der Waals surface area contributed by atoms with Crippen LogP contribution in [0, 0.1) is 0 Å². The van der Waals surface area contributed by atoms with Crippen molar-refractivity contribution < 1.29 is 0 Å². The van der Waals surface area contributed by atoms with E-state index in [9.17, 15) is 0 Å². The van der Waals surface area contributed by atoms with Gasteiger partial charge in [-0.1, -0.05) is 121 Å². The fourth-order valence-corrected chi connectivity index (χ4v) is 12.4. The normalized spacial score (nSPS) is 12.3. The van der Waals surface area contributed by atoms with Crippen LogP contribution in [0.15, 0.2) is 218 Å². The number of para-hydroxylation sites is 5. The molecule has 0 aliphatic rings. The standard InChI is InChI=1S/C60H36N4S/c1-7-21-47-39(15-1)40-16-2-8-22-48(40)61(47)37-31-33-52-45(35-37)43-19-5-11-25-51(43)63(52)49-23-9-3-17-41(49)42-18-4-10-24-50(42)64-55-28-13-26-53-59(55)60-54(27-14-29-56(60)64)62(53)38-32-34-58-46(36-38)44-20-6-12-30-57(44)65-58/h1-36H. The van der Waals surface area contributed by atoms with Gasteiger partial charge in [-0.3, -0.25) is 0 Å². The third kappa shape index (κ3) is 4.74. The summed E-state index contributed by atoms with van der Waals surface area (Å²) in [6.07, 6.45) is 0. The fraction of sp³-hybridized carbons (Fsp3) is 0. The van der Waals surface area contributed by atoms with Crippen molar-refractivity contribution in [2.45, 2.75) is 0 Å². The zero-order valence-electron chi connectivity index (χ0n) is 35.0. The molecule has 0 aliphatic carbocycles. The largest absolute Gasteiger partial charge is 0.309 e. The first-order valence-corrected chi connectivity index (χ1v) is 23.1. The maximum absolute atomic E-state index is 2.50. The Bertz CT molecular complexity index is 4310. The molecule has 0 N–H and O–H groups in total. The molecule has 0 atom stereocenters. The molecular formula is C60H36N4S. The predicted molar refractivity (Wildman–Crippen MR) is 276 cm³/mol. The first-order chi connectivity index (χ1) is 32.3. The molecule has 0 amide bonds. The Kier molecular flexibility index (Phi) is 7.07. The van der Waals surface area contributed by atoms with E-state index in [0.29, 0.717) is 0 Å². The zero-order chi connectivity index (χ0) is 42.3. The zero-order valence-corrected chi connectivity index (χ0v) is 35.8. The van der Waals surface area contributed by atoms with Crippen LogP contribution < -0.4 is 0 Å². The second-order valence-electron chi connectivity index (χ2n) is 17.3. The Hall–Kier alpha value is -8.38. The van der Waals surface area contributed by atoms with Gasteiger partial charge in [-0.2, -0.15) is 0 Å². The molecule has 0 fully saturated rings. The Morgan fingerprint density at radius 2 is 0.631 bits per heavy atom. The summed E-state index contributed by atoms with van der Waals surface area (Å²) in [5.74, 6) is 0. The van der Waals surface area contributed by atoms with E-state index in [2.05, 4.69) is 237 Å². The predicted octanol–water partition coefficient (Wildman–Crippen LogP) is 16.4. The molecule has 0 aliphatic heterocycles. The van der Waals surface area contributed by atoms with E-state index in [0.717, 1.165) is 17.1 Å². The van der Waals surface area contributed by atoms with E-state index in [1.807, 2.05) is 11.3 Å². The third-order valence-corrected chi connectivity index (χ3v) is 15.1. The molecule has 0 saturated heterocycles. The number of hydrogen-bond acceptors (Lipinski definition) is 1. The smallest absolute Gasteiger partial charge is 0.0563 e. The highest BCUT2D eigenvalue weighted by Crippen LogP contribution is 2.46. The van der Waals surface area contributed by atoms with Gasteiger partial charge in [0, 0.05) is 75.0 Å². The summed E-state index contributed by atoms with van der Waals surface area (Å²) in [4.78, 5) is 0. The highest BCUT2D eigenvalue weighted by Gasteiger charge is 2.25. The molecule has 0 unspecified atom stereocenters. The van der Waals surface area contributed by atoms with Crippen molar-refractivity contribution in [1.29, 1.82) is 0 Å². The summed E-state index contributed by atoms with van der Waals surface area (Å²) in [5.41, 5.74) is 16.6. The van der Waals surface area contributed by atoms with Crippen LogP contribution in [0.25, 0.3) is 130 Å². The Labute approximate surface area is 376 Å².